The van der Waals surface area contributed by atoms with E-state index in [0.29, 0.717) is 11.8 Å². The summed E-state index contributed by atoms with van der Waals surface area (Å²) in [5, 5.41) is -0.00976. The van der Waals surface area contributed by atoms with Gasteiger partial charge in [0.1, 0.15) is 11.6 Å². The van der Waals surface area contributed by atoms with Gasteiger partial charge in [-0.15, -0.1) is 11.8 Å². The molecule has 0 saturated heterocycles. The Morgan fingerprint density at radius 2 is 1.80 bits per heavy atom. The first-order valence-corrected chi connectivity index (χ1v) is 6.94. The number of nitrogen functional groups attached to an aromatic ring is 1. The van der Waals surface area contributed by atoms with E-state index in [1.807, 2.05) is 21.0 Å². The van der Waals surface area contributed by atoms with Gasteiger partial charge in [0.05, 0.1) is 5.25 Å². The standard InChI is InChI=1S/C13H16FN5S/c1-8(20-10-6-4-9(14)5-7-10)11-16-12(15)18-13(17-11)19(2)3/h4-8H,1-3H3,(H2,15,16,17,18). The highest BCUT2D eigenvalue weighted by atomic mass is 32.2. The van der Waals surface area contributed by atoms with Crippen LogP contribution in [0.2, 0.25) is 0 Å². The van der Waals surface area contributed by atoms with Crippen molar-refractivity contribution in [3.63, 3.8) is 0 Å². The van der Waals surface area contributed by atoms with Crippen LogP contribution in [0.3, 0.4) is 0 Å². The van der Waals surface area contributed by atoms with E-state index in [1.54, 1.807) is 28.8 Å². The van der Waals surface area contributed by atoms with Gasteiger partial charge in [0, 0.05) is 19.0 Å². The Hall–Kier alpha value is -1.89. The van der Waals surface area contributed by atoms with Crippen LogP contribution in [0.15, 0.2) is 29.2 Å². The van der Waals surface area contributed by atoms with Gasteiger partial charge in [0.15, 0.2) is 0 Å². The molecule has 0 aliphatic heterocycles. The van der Waals surface area contributed by atoms with Crippen molar-refractivity contribution < 1.29 is 4.39 Å². The smallest absolute Gasteiger partial charge is 0.229 e. The van der Waals surface area contributed by atoms with Gasteiger partial charge in [-0.25, -0.2) is 4.39 Å². The van der Waals surface area contributed by atoms with Crippen molar-refractivity contribution in [2.45, 2.75) is 17.1 Å². The van der Waals surface area contributed by atoms with Crippen molar-refractivity contribution in [1.82, 2.24) is 15.0 Å². The summed E-state index contributed by atoms with van der Waals surface area (Å²) in [7, 11) is 3.69. The molecule has 2 N–H and O–H groups in total. The third-order valence-corrected chi connectivity index (χ3v) is 3.66. The predicted molar refractivity (Wildman–Crippen MR) is 79.2 cm³/mol. The molecule has 1 atom stereocenters. The molecular weight excluding hydrogens is 277 g/mol. The van der Waals surface area contributed by atoms with Gasteiger partial charge in [-0.1, -0.05) is 0 Å². The maximum absolute atomic E-state index is 12.9. The number of nitrogens with two attached hydrogens (primary N) is 1. The number of thioether (sulfide) groups is 1. The van der Waals surface area contributed by atoms with Crippen molar-refractivity contribution in [2.24, 2.45) is 0 Å². The van der Waals surface area contributed by atoms with Gasteiger partial charge in [-0.3, -0.25) is 0 Å². The second-order valence-corrected chi connectivity index (χ2v) is 5.87. The first-order valence-electron chi connectivity index (χ1n) is 6.06. The number of anilines is 2. The van der Waals surface area contributed by atoms with Crippen LogP contribution in [-0.2, 0) is 0 Å². The average Bonchev–Trinajstić information content (AvgIpc) is 2.40. The fraction of sp³-hybridized carbons (Fsp3) is 0.308. The molecule has 0 radical (unpaired) electrons. The van der Waals surface area contributed by atoms with Crippen molar-refractivity contribution in [3.8, 4) is 0 Å². The minimum Gasteiger partial charge on any atom is -0.368 e. The molecule has 20 heavy (non-hydrogen) atoms. The molecule has 2 rings (SSSR count). The number of nitrogens with zero attached hydrogens (tertiary/aromatic N) is 4. The van der Waals surface area contributed by atoms with Gasteiger partial charge in [-0.05, 0) is 31.2 Å². The van der Waals surface area contributed by atoms with Crippen LogP contribution in [0.4, 0.5) is 16.3 Å². The molecule has 0 aliphatic carbocycles. The van der Waals surface area contributed by atoms with E-state index in [0.717, 1.165) is 4.90 Å². The number of benzene rings is 1. The molecule has 1 unspecified atom stereocenters. The number of hydrogen-bond acceptors (Lipinski definition) is 6. The van der Waals surface area contributed by atoms with Crippen LogP contribution in [0.1, 0.15) is 18.0 Å². The SMILES string of the molecule is CC(Sc1ccc(F)cc1)c1nc(N)nc(N(C)C)n1. The highest BCUT2D eigenvalue weighted by molar-refractivity contribution is 7.99. The van der Waals surface area contributed by atoms with Crippen molar-refractivity contribution in [1.29, 1.82) is 0 Å². The molecule has 0 aliphatic rings. The third kappa shape index (κ3) is 3.57. The Kier molecular flexibility index (Phi) is 4.39. The van der Waals surface area contributed by atoms with E-state index in [4.69, 9.17) is 5.73 Å². The predicted octanol–water partition coefficient (Wildman–Crippen LogP) is 2.51. The minimum atomic E-state index is -0.249. The fourth-order valence-electron chi connectivity index (χ4n) is 1.55. The zero-order valence-electron chi connectivity index (χ0n) is 11.5. The van der Waals surface area contributed by atoms with Crippen LogP contribution in [-0.4, -0.2) is 29.0 Å². The lowest BCUT2D eigenvalue weighted by molar-refractivity contribution is 0.626. The van der Waals surface area contributed by atoms with E-state index < -0.39 is 0 Å². The minimum absolute atomic E-state index is 0.00976. The summed E-state index contributed by atoms with van der Waals surface area (Å²) in [6.07, 6.45) is 0. The van der Waals surface area contributed by atoms with E-state index in [1.165, 1.54) is 12.1 Å². The zero-order valence-corrected chi connectivity index (χ0v) is 12.4. The Balaban J connectivity index is 2.20. The summed E-state index contributed by atoms with van der Waals surface area (Å²) in [5.41, 5.74) is 5.70. The summed E-state index contributed by atoms with van der Waals surface area (Å²) < 4.78 is 12.9. The monoisotopic (exact) mass is 293 g/mol. The lowest BCUT2D eigenvalue weighted by atomic mass is 10.3. The maximum Gasteiger partial charge on any atom is 0.229 e. The average molecular weight is 293 g/mol. The summed E-state index contributed by atoms with van der Waals surface area (Å²) in [4.78, 5) is 15.3. The molecule has 0 fully saturated rings. The highest BCUT2D eigenvalue weighted by Crippen LogP contribution is 2.33. The van der Waals surface area contributed by atoms with Crippen LogP contribution in [0, 0.1) is 5.82 Å². The van der Waals surface area contributed by atoms with Gasteiger partial charge < -0.3 is 10.6 Å². The van der Waals surface area contributed by atoms with Crippen molar-refractivity contribution >= 4 is 23.7 Å². The van der Waals surface area contributed by atoms with E-state index in [2.05, 4.69) is 15.0 Å². The number of rotatable bonds is 4. The molecule has 1 aromatic heterocycles. The quantitative estimate of drug-likeness (QED) is 0.874. The first kappa shape index (κ1) is 14.5. The van der Waals surface area contributed by atoms with Gasteiger partial charge in [-0.2, -0.15) is 15.0 Å². The molecule has 0 spiro atoms. The Bertz CT molecular complexity index is 588. The lowest BCUT2D eigenvalue weighted by Gasteiger charge is -2.14. The number of aromatic nitrogens is 3. The number of hydrogen-bond donors (Lipinski definition) is 1. The van der Waals surface area contributed by atoms with Crippen molar-refractivity contribution in [3.05, 3.63) is 35.9 Å². The summed E-state index contributed by atoms with van der Waals surface area (Å²) in [6.45, 7) is 1.97. The van der Waals surface area contributed by atoms with E-state index in [-0.39, 0.29) is 17.0 Å². The molecule has 106 valence electrons. The first-order chi connectivity index (χ1) is 9.45. The molecule has 5 nitrogen and oxygen atoms in total. The Morgan fingerprint density at radius 1 is 1.15 bits per heavy atom. The molecular formula is C13H16FN5S. The highest BCUT2D eigenvalue weighted by Gasteiger charge is 2.14. The Morgan fingerprint density at radius 3 is 2.40 bits per heavy atom. The normalized spacial score (nSPS) is 12.2. The van der Waals surface area contributed by atoms with Crippen LogP contribution >= 0.6 is 11.8 Å². The Labute approximate surface area is 121 Å². The molecule has 1 heterocycles. The molecule has 2 aromatic rings. The molecule has 0 amide bonds. The number of halogens is 1. The third-order valence-electron chi connectivity index (χ3n) is 2.55. The zero-order chi connectivity index (χ0) is 14.7. The van der Waals surface area contributed by atoms with Crippen LogP contribution in [0.25, 0.3) is 0 Å². The van der Waals surface area contributed by atoms with Crippen LogP contribution < -0.4 is 10.6 Å². The van der Waals surface area contributed by atoms with E-state index >= 15 is 0 Å². The molecule has 1 aromatic carbocycles. The molecule has 7 heteroatoms. The van der Waals surface area contributed by atoms with Gasteiger partial charge in [0.25, 0.3) is 0 Å². The summed E-state index contributed by atoms with van der Waals surface area (Å²) in [6, 6.07) is 6.33. The second kappa shape index (κ2) is 6.04. The largest absolute Gasteiger partial charge is 0.368 e. The van der Waals surface area contributed by atoms with E-state index in [9.17, 15) is 4.39 Å². The lowest BCUT2D eigenvalue weighted by Crippen LogP contribution is -2.16. The fourth-order valence-corrected chi connectivity index (χ4v) is 2.46. The molecule has 0 saturated carbocycles. The van der Waals surface area contributed by atoms with Crippen LogP contribution in [0.5, 0.6) is 0 Å². The topological polar surface area (TPSA) is 67.9 Å². The summed E-state index contributed by atoms with van der Waals surface area (Å²) >= 11 is 1.54. The van der Waals surface area contributed by atoms with Gasteiger partial charge in [0.2, 0.25) is 11.9 Å². The van der Waals surface area contributed by atoms with Crippen molar-refractivity contribution in [2.75, 3.05) is 24.7 Å². The second-order valence-electron chi connectivity index (χ2n) is 4.46. The van der Waals surface area contributed by atoms with Gasteiger partial charge >= 0.3 is 0 Å². The maximum atomic E-state index is 12.9. The summed E-state index contributed by atoms with van der Waals surface area (Å²) in [5.74, 6) is 1.08. The molecule has 0 bridgehead atoms.